The zero-order chi connectivity index (χ0) is 102. The second-order valence-corrected chi connectivity index (χ2v) is 46.8. The molecule has 4 N–H and O–H groups in total. The molecule has 4 aromatic carbocycles. The summed E-state index contributed by atoms with van der Waals surface area (Å²) in [4.78, 5) is 103. The molecule has 10 aliphatic rings. The van der Waals surface area contributed by atoms with E-state index in [0.29, 0.717) is 70.0 Å². The zero-order valence-electron chi connectivity index (χ0n) is 79.7. The van der Waals surface area contributed by atoms with E-state index in [2.05, 4.69) is 58.6 Å². The molecule has 5 heterocycles. The van der Waals surface area contributed by atoms with Gasteiger partial charge in [-0.1, -0.05) is 176 Å². The van der Waals surface area contributed by atoms with Crippen molar-refractivity contribution in [3.05, 3.63) is 156 Å². The number of hydrogen-bond donors (Lipinski definition) is 4. The van der Waals surface area contributed by atoms with Crippen molar-refractivity contribution in [2.24, 2.45) is 59.2 Å². The van der Waals surface area contributed by atoms with Gasteiger partial charge in [-0.25, -0.2) is 0 Å². The topological polar surface area (TPSA) is 432 Å². The van der Waals surface area contributed by atoms with Gasteiger partial charge in [0.1, 0.15) is 98.0 Å². The van der Waals surface area contributed by atoms with Crippen molar-refractivity contribution in [2.75, 3.05) is 60.5 Å². The van der Waals surface area contributed by atoms with Crippen molar-refractivity contribution in [1.82, 2.24) is 0 Å². The minimum Gasteiger partial charge on any atom is -1.00 e. The van der Waals surface area contributed by atoms with Crippen molar-refractivity contribution in [3.8, 4) is 23.0 Å². The van der Waals surface area contributed by atoms with Gasteiger partial charge >= 0.3 is 146 Å². The quantitative estimate of drug-likeness (QED) is 0.00382. The van der Waals surface area contributed by atoms with E-state index in [0.717, 1.165) is 74.0 Å². The monoisotopic (exact) mass is 2290 g/mol. The second-order valence-electron chi connectivity index (χ2n) is 32.2. The number of ketones is 2. The first-order valence-corrected chi connectivity index (χ1v) is 59.6. The molecule has 5 aliphatic heterocycles. The van der Waals surface area contributed by atoms with E-state index in [4.69, 9.17) is 118 Å². The molecule has 0 spiro atoms. The number of hydrogen-bond acceptors (Lipinski definition) is 32. The summed E-state index contributed by atoms with van der Waals surface area (Å²) in [7, 11) is 35.1. The Morgan fingerprint density at radius 3 is 1.10 bits per heavy atom. The van der Waals surface area contributed by atoms with Crippen LogP contribution in [0.4, 0.5) is 13.2 Å². The number of alkyl halides is 3. The Morgan fingerprint density at radius 1 is 0.490 bits per heavy atom. The van der Waals surface area contributed by atoms with Gasteiger partial charge in [0, 0.05) is 119 Å². The number of carbonyl (C=O) groups is 9. The predicted molar refractivity (Wildman–Crippen MR) is 571 cm³/mol. The third kappa shape index (κ3) is 50.8. The van der Waals surface area contributed by atoms with E-state index in [1.54, 1.807) is 12.2 Å². The molecule has 10 unspecified atom stereocenters. The van der Waals surface area contributed by atoms with Crippen molar-refractivity contribution in [3.63, 3.8) is 0 Å². The van der Waals surface area contributed by atoms with Gasteiger partial charge in [0.2, 0.25) is 0 Å². The molecule has 5 saturated heterocycles. The molecule has 0 amide bonds. The van der Waals surface area contributed by atoms with Gasteiger partial charge in [0.15, 0.2) is 56.0 Å². The minimum atomic E-state index is -4.49. The summed E-state index contributed by atoms with van der Waals surface area (Å²) in [6.07, 6.45) is 8.70. The maximum atomic E-state index is 12.5. The Balaban J connectivity index is -0.000000815. The number of esters is 5. The van der Waals surface area contributed by atoms with Gasteiger partial charge in [-0.15, -0.1) is 0 Å². The van der Waals surface area contributed by atoms with Gasteiger partial charge in [-0.3, -0.25) is 42.9 Å². The fraction of sp³-hybridized carbons (Fsp3) is 0.576. The van der Waals surface area contributed by atoms with Crippen LogP contribution in [0.25, 0.3) is 0 Å². The second kappa shape index (κ2) is 76.3. The molecule has 145 heavy (non-hydrogen) atoms. The Bertz CT molecular complexity index is 4530. The van der Waals surface area contributed by atoms with Gasteiger partial charge in [0.25, 0.3) is 6.47 Å². The van der Waals surface area contributed by atoms with E-state index >= 15 is 0 Å². The van der Waals surface area contributed by atoms with Crippen LogP contribution in [0.3, 0.4) is 0 Å². The maximum Gasteiger partial charge on any atom is 1.00 e. The molecule has 10 radical (unpaired) electrons. The number of fused-ring (bicyclic) bond motifs is 5. The summed E-state index contributed by atoms with van der Waals surface area (Å²) >= 11 is 0. The first-order valence-electron chi connectivity index (χ1n) is 43.2. The molecule has 0 aromatic heterocycles. The number of aliphatic hydroxyl groups excluding tert-OH is 4. The van der Waals surface area contributed by atoms with Crippen molar-refractivity contribution >= 4 is 183 Å². The van der Waals surface area contributed by atoms with Crippen LogP contribution >= 0.6 is 90.8 Å². The first kappa shape index (κ1) is 148. The smallest absolute Gasteiger partial charge is 1.00 e. The molecule has 5 aliphatic carbocycles. The maximum absolute atomic E-state index is 12.5. The fourth-order valence-corrected chi connectivity index (χ4v) is 23.0. The minimum absolute atomic E-state index is 0. The number of benzene rings is 4. The van der Waals surface area contributed by atoms with Crippen LogP contribution in [0.5, 0.6) is 23.0 Å². The van der Waals surface area contributed by atoms with Gasteiger partial charge < -0.3 is 111 Å². The van der Waals surface area contributed by atoms with Crippen LogP contribution < -0.4 is 127 Å². The fourth-order valence-electron chi connectivity index (χ4n) is 17.1. The average molecular weight is 2290 g/mol. The molecule has 4 aromatic rings. The van der Waals surface area contributed by atoms with E-state index in [1.165, 1.54) is 12.1 Å². The summed E-state index contributed by atoms with van der Waals surface area (Å²) in [5, 5.41) is 45.2. The summed E-state index contributed by atoms with van der Waals surface area (Å²) in [5.74, 6) is 0.300. The summed E-state index contributed by atoms with van der Waals surface area (Å²) in [6, 6.07) is 27.0. The molecule has 32 atom stereocenters. The van der Waals surface area contributed by atoms with Crippen LogP contribution in [0.2, 0.25) is 0 Å². The summed E-state index contributed by atoms with van der Waals surface area (Å²) in [6.45, 7) is 9.55. The van der Waals surface area contributed by atoms with Crippen molar-refractivity contribution in [1.29, 1.82) is 0 Å². The Kier molecular flexibility index (Phi) is 77.7. The third-order valence-electron chi connectivity index (χ3n) is 22.8. The molecule has 14 rings (SSSR count). The average Bonchev–Trinajstić information content (AvgIpc) is 1.64. The summed E-state index contributed by atoms with van der Waals surface area (Å²) < 4.78 is 135. The molecule has 794 valence electrons. The Labute approximate surface area is 964 Å². The number of Topliss-reactive ketones (excluding diaryl/α,β-unsaturated/α-hetero) is 1. The number of aliphatic hydroxyl groups is 4. The van der Waals surface area contributed by atoms with Crippen LogP contribution in [0.15, 0.2) is 134 Å². The van der Waals surface area contributed by atoms with Crippen LogP contribution in [-0.4, -0.2) is 246 Å². The molecule has 5 saturated carbocycles. The van der Waals surface area contributed by atoms with Crippen LogP contribution in [0.1, 0.15) is 146 Å². The van der Waals surface area contributed by atoms with E-state index in [1.807, 2.05) is 126 Å². The predicted octanol–water partition coefficient (Wildman–Crippen LogP) is 10.4. The number of carbonyl (C=O) groups excluding carboxylic acids is 9. The van der Waals surface area contributed by atoms with Crippen LogP contribution in [-0.2, 0) is 114 Å². The van der Waals surface area contributed by atoms with E-state index in [-0.39, 0.29) is 343 Å². The van der Waals surface area contributed by atoms with Crippen LogP contribution in [0, 0.1) is 80.0 Å². The van der Waals surface area contributed by atoms with Crippen molar-refractivity contribution in [2.45, 2.75) is 223 Å². The number of aldehydes is 1. The normalized spacial score (nSPS) is 26.5. The Hall–Kier alpha value is -1.43. The SMILES string of the molecule is C.C.C.C.C.C.CC.CO.COP(=O)(CC(=O)COc1cccc(C(F)(F)F)c1)OC.O=CO[O-].[B]P(P)O[C@@H]1C[C@@H]2OC(=O)C[C@@H]2[C@H]1/C=C/C(=O)COc1cccc(C)c1.[B]P(P)O[C@@H]1C[C@@H]2OC(=O)C[C@@H]2[C@H]1/C=C/[C@@H](O)COc1cccc(C)c1.[B]P(P)O[C@@H]1C[C@@H]2OC(=O)C[C@@H]2[C@H]1/C=C/[C@@H](O)COc1cccc(C)c1.[B]P(P)O[C@@H]1C[C@@H]2OC(=O)C[C@@H]2[C@H]1C=O.[B]P(P)O[C@@H]1C[C@@H]2OC(=O)C[C@@H]2[C@H]1CO.[H-].[K+].[K+]. The number of rotatable bonds is 35. The van der Waals surface area contributed by atoms with Crippen molar-refractivity contribution < 1.29 is 270 Å². The molecule has 53 heteroatoms. The van der Waals surface area contributed by atoms with E-state index < -0.39 is 88.7 Å². The number of aryl methyl sites for hydroxylation is 3. The zero-order valence-corrected chi connectivity index (χ0v) is 96.1. The number of halogens is 3. The van der Waals surface area contributed by atoms with Gasteiger partial charge in [0.05, 0.1) is 68.2 Å². The van der Waals surface area contributed by atoms with Gasteiger partial charge in [-0.05, 0) is 137 Å². The standard InChI is InChI=1S/2C18H23BO5P2.C18H21BO5P2.C12H14F3O5P.C8H13BO4P2.C8H11BO4P2.C2H6.CH2O3.CH4O.6CH4.2K.H/c3*1-11-3-2-4-13(7-11)22-10-12(20)5-6-14-15-8-18(21)23-16(15)9-17(14)24-26(19)25;1-18-21(17,19-2)8-10(16)7-20-11-5-3-4-9(6-11)12(13,14)15;2*9-15(14)13-7-2-6-4(5(7)3-10)1-8(11)12-6;1-2;2-1-4-3;1-2;;;;;;;;;/h2*2-7,12,14-17,20H,8-10,25H2,1H3;2-7,14-17H,8-10,25H2,1H3;3-6H,7-8H2,1-2H3;4-7,10H,1-3,14H2;3-7H,1-2,14H2;1-2H3;1,3H;2H,1H3;6*1H4;;;/q;;;;;;;;;;;;;;;2*+1;-1/p-1/b3*6-5+;;;;;;;;;;;;;;;/t2*12-,14-,15-,16+,17-,26?;14-,15-,16+,17-,26?;;2*4-,5-,6+,7-,15?;;;;;;;;;;;;/m111.11............/s1. The molecular weight excluding hydrogens is 2150 g/mol. The first-order chi connectivity index (χ1) is 65.1. The Morgan fingerprint density at radius 2 is 0.779 bits per heavy atom. The molecule has 10 fully saturated rings. The largest absolute Gasteiger partial charge is 1.00 e. The third-order valence-corrected chi connectivity index (χ3v) is 29.1. The molecular formula is C92H141B5F3K2O32P11. The molecule has 32 nitrogen and oxygen atoms in total. The van der Waals surface area contributed by atoms with E-state index in [9.17, 15) is 71.4 Å². The number of ether oxygens (including phenoxy) is 9. The molecule has 0 bridgehead atoms. The van der Waals surface area contributed by atoms with Gasteiger partial charge in [-0.2, -0.15) is 13.2 Å². The summed E-state index contributed by atoms with van der Waals surface area (Å²) in [5.41, 5.74) is 2.40.